The van der Waals surface area contributed by atoms with E-state index in [0.29, 0.717) is 4.32 Å². The molecule has 4 nitrogen and oxygen atoms in total. The number of esters is 1. The topological polar surface area (TPSA) is 49.8 Å². The minimum Gasteiger partial charge on any atom is -0.462 e. The van der Waals surface area contributed by atoms with Crippen molar-refractivity contribution in [3.05, 3.63) is 60.7 Å². The number of ether oxygens (including phenoxy) is 1. The maximum Gasteiger partial charge on any atom is 0.319 e. The average molecular weight is 361 g/mol. The van der Waals surface area contributed by atoms with Crippen molar-refractivity contribution in [1.29, 1.82) is 0 Å². The first-order valence-electron chi connectivity index (χ1n) is 7.52. The number of benzene rings is 2. The molecule has 0 saturated carbocycles. The highest BCUT2D eigenvalue weighted by atomic mass is 32.2. The van der Waals surface area contributed by atoms with E-state index in [2.05, 4.69) is 0 Å². The summed E-state index contributed by atoms with van der Waals surface area (Å²) in [5.41, 5.74) is 1.86. The highest BCUT2D eigenvalue weighted by Gasteiger charge is 2.22. The number of nitrogens with zero attached hydrogens (tertiary/aromatic N) is 1. The van der Waals surface area contributed by atoms with Gasteiger partial charge in [0.05, 0.1) is 6.61 Å². The van der Waals surface area contributed by atoms with Gasteiger partial charge in [-0.3, -0.25) is 9.69 Å². The van der Waals surface area contributed by atoms with E-state index in [4.69, 9.17) is 22.1 Å². The van der Waals surface area contributed by atoms with Crippen LogP contribution in [0.2, 0.25) is 0 Å². The maximum atomic E-state index is 11.9. The highest BCUT2D eigenvalue weighted by molar-refractivity contribution is 8.24. The molecule has 0 spiro atoms. The fourth-order valence-electron chi connectivity index (χ4n) is 2.03. The van der Waals surface area contributed by atoms with Gasteiger partial charge in [-0.25, -0.2) is 0 Å². The number of rotatable bonds is 6. The number of aliphatic hydroxyl groups excluding tert-OH is 1. The second kappa shape index (κ2) is 9.42. The molecule has 0 aromatic heterocycles. The second-order valence-electron chi connectivity index (χ2n) is 4.92. The Morgan fingerprint density at radius 3 is 2.08 bits per heavy atom. The molecular weight excluding hydrogens is 342 g/mol. The zero-order valence-corrected chi connectivity index (χ0v) is 14.9. The molecule has 24 heavy (non-hydrogen) atoms. The van der Waals surface area contributed by atoms with Crippen molar-refractivity contribution in [2.45, 2.75) is 12.2 Å². The Bertz CT molecular complexity index is 625. The maximum absolute atomic E-state index is 11.9. The predicted molar refractivity (Wildman–Crippen MR) is 103 cm³/mol. The van der Waals surface area contributed by atoms with Crippen molar-refractivity contribution in [1.82, 2.24) is 0 Å². The third kappa shape index (κ3) is 5.06. The van der Waals surface area contributed by atoms with Gasteiger partial charge in [-0.1, -0.05) is 60.4 Å². The normalized spacial score (nSPS) is 11.6. The fraction of sp³-hybridized carbons (Fsp3) is 0.222. The Morgan fingerprint density at radius 1 is 1.12 bits per heavy atom. The average Bonchev–Trinajstić information content (AvgIpc) is 2.61. The molecule has 2 rings (SSSR count). The van der Waals surface area contributed by atoms with E-state index in [1.165, 1.54) is 11.8 Å². The van der Waals surface area contributed by atoms with Crippen LogP contribution in [0, 0.1) is 0 Å². The molecule has 2 aromatic rings. The van der Waals surface area contributed by atoms with E-state index in [0.717, 1.165) is 11.4 Å². The predicted octanol–water partition coefficient (Wildman–Crippen LogP) is 3.77. The molecular formula is C18H19NO3S2. The third-order valence-corrected chi connectivity index (χ3v) is 4.56. The number of carbonyl (C=O) groups is 1. The lowest BCUT2D eigenvalue weighted by Gasteiger charge is -2.26. The van der Waals surface area contributed by atoms with Crippen molar-refractivity contribution in [2.24, 2.45) is 0 Å². The lowest BCUT2D eigenvalue weighted by atomic mass is 10.2. The van der Waals surface area contributed by atoms with Crippen LogP contribution in [0.1, 0.15) is 6.92 Å². The lowest BCUT2D eigenvalue weighted by molar-refractivity contribution is -0.143. The molecule has 0 heterocycles. The van der Waals surface area contributed by atoms with Crippen LogP contribution in [0.5, 0.6) is 0 Å². The first-order valence-corrected chi connectivity index (χ1v) is 8.80. The number of carbonyl (C=O) groups excluding carboxylic acids is 1. The lowest BCUT2D eigenvalue weighted by Crippen LogP contribution is -2.26. The van der Waals surface area contributed by atoms with Gasteiger partial charge >= 0.3 is 5.97 Å². The van der Waals surface area contributed by atoms with E-state index in [1.54, 1.807) is 6.92 Å². The van der Waals surface area contributed by atoms with Gasteiger partial charge in [0.2, 0.25) is 0 Å². The molecule has 0 saturated heterocycles. The molecule has 126 valence electrons. The van der Waals surface area contributed by atoms with E-state index < -0.39 is 11.2 Å². The van der Waals surface area contributed by atoms with Gasteiger partial charge in [-0.2, -0.15) is 0 Å². The summed E-state index contributed by atoms with van der Waals surface area (Å²) >= 11 is 6.84. The standard InChI is InChI=1S/C18H19NO3S2/c1-14(17(21)22-13-12-20)24-18(23)19(15-8-4-2-5-9-15)16-10-6-3-7-11-16/h2-11,14,20H,12-13H2,1H3. The molecule has 1 N–H and O–H groups in total. The number of hydrogen-bond donors (Lipinski definition) is 1. The molecule has 0 aliphatic rings. The van der Waals surface area contributed by atoms with Gasteiger partial charge in [0.15, 0.2) is 0 Å². The fourth-order valence-corrected chi connectivity index (χ4v) is 3.46. The van der Waals surface area contributed by atoms with Crippen molar-refractivity contribution < 1.29 is 14.6 Å². The van der Waals surface area contributed by atoms with Crippen LogP contribution in [0.3, 0.4) is 0 Å². The third-order valence-electron chi connectivity index (χ3n) is 3.16. The van der Waals surface area contributed by atoms with Gasteiger partial charge in [-0.05, 0) is 31.2 Å². The molecule has 0 bridgehead atoms. The van der Waals surface area contributed by atoms with E-state index in [9.17, 15) is 4.79 Å². The first-order chi connectivity index (χ1) is 11.6. The summed E-state index contributed by atoms with van der Waals surface area (Å²) in [6.45, 7) is 1.55. The van der Waals surface area contributed by atoms with E-state index >= 15 is 0 Å². The molecule has 2 aromatic carbocycles. The largest absolute Gasteiger partial charge is 0.462 e. The number of para-hydroxylation sites is 2. The van der Waals surface area contributed by atoms with E-state index in [1.807, 2.05) is 65.6 Å². The van der Waals surface area contributed by atoms with Crippen LogP contribution in [0.4, 0.5) is 11.4 Å². The van der Waals surface area contributed by atoms with Crippen molar-refractivity contribution in [3.8, 4) is 0 Å². The van der Waals surface area contributed by atoms with Gasteiger partial charge < -0.3 is 9.84 Å². The summed E-state index contributed by atoms with van der Waals surface area (Å²) in [6.07, 6.45) is 0. The smallest absolute Gasteiger partial charge is 0.319 e. The van der Waals surface area contributed by atoms with Crippen LogP contribution in [-0.2, 0) is 9.53 Å². The molecule has 0 fully saturated rings. The van der Waals surface area contributed by atoms with Crippen LogP contribution >= 0.6 is 24.0 Å². The molecule has 1 atom stereocenters. The zero-order chi connectivity index (χ0) is 17.4. The Labute approximate surface area is 151 Å². The molecule has 0 amide bonds. The highest BCUT2D eigenvalue weighted by Crippen LogP contribution is 2.30. The quantitative estimate of drug-likeness (QED) is 0.624. The summed E-state index contributed by atoms with van der Waals surface area (Å²) in [7, 11) is 0. The summed E-state index contributed by atoms with van der Waals surface area (Å²) in [5.74, 6) is -0.391. The van der Waals surface area contributed by atoms with Crippen LogP contribution < -0.4 is 4.90 Å². The van der Waals surface area contributed by atoms with Crippen molar-refractivity contribution in [3.63, 3.8) is 0 Å². The summed E-state index contributed by atoms with van der Waals surface area (Å²) in [5, 5.41) is 8.29. The van der Waals surface area contributed by atoms with Crippen molar-refractivity contribution >= 4 is 45.6 Å². The molecule has 0 radical (unpaired) electrons. The minimum absolute atomic E-state index is 0.00240. The number of thioether (sulfide) groups is 1. The van der Waals surface area contributed by atoms with Crippen LogP contribution in [0.25, 0.3) is 0 Å². The molecule has 0 aliphatic heterocycles. The van der Waals surface area contributed by atoms with Gasteiger partial charge in [0.1, 0.15) is 16.2 Å². The Balaban J connectivity index is 2.18. The minimum atomic E-state index is -0.459. The Hall–Kier alpha value is -1.89. The van der Waals surface area contributed by atoms with Gasteiger partial charge in [0.25, 0.3) is 0 Å². The molecule has 1 unspecified atom stereocenters. The number of hydrogen-bond acceptors (Lipinski definition) is 5. The van der Waals surface area contributed by atoms with E-state index in [-0.39, 0.29) is 13.2 Å². The second-order valence-corrected chi connectivity index (χ2v) is 6.90. The monoisotopic (exact) mass is 361 g/mol. The zero-order valence-electron chi connectivity index (χ0n) is 13.3. The van der Waals surface area contributed by atoms with Gasteiger partial charge in [-0.15, -0.1) is 0 Å². The van der Waals surface area contributed by atoms with Crippen LogP contribution in [-0.4, -0.2) is 33.9 Å². The Kier molecular flexibility index (Phi) is 7.24. The first kappa shape index (κ1) is 18.4. The molecule has 0 aliphatic carbocycles. The summed E-state index contributed by atoms with van der Waals surface area (Å²) in [6, 6.07) is 19.5. The number of anilines is 2. The molecule has 6 heteroatoms. The number of thiocarbonyl (C=S) groups is 1. The van der Waals surface area contributed by atoms with Crippen LogP contribution in [0.15, 0.2) is 60.7 Å². The summed E-state index contributed by atoms with van der Waals surface area (Å²) in [4.78, 5) is 13.8. The van der Waals surface area contributed by atoms with Crippen molar-refractivity contribution in [2.75, 3.05) is 18.1 Å². The number of aliphatic hydroxyl groups is 1. The SMILES string of the molecule is CC(SC(=S)N(c1ccccc1)c1ccccc1)C(=O)OCCO. The summed E-state index contributed by atoms with van der Waals surface area (Å²) < 4.78 is 5.51. The Morgan fingerprint density at radius 2 is 1.62 bits per heavy atom. The van der Waals surface area contributed by atoms with Gasteiger partial charge in [0, 0.05) is 11.4 Å².